The van der Waals surface area contributed by atoms with Crippen molar-refractivity contribution >= 4 is 5.69 Å². The summed E-state index contributed by atoms with van der Waals surface area (Å²) in [7, 11) is 0. The van der Waals surface area contributed by atoms with Gasteiger partial charge in [-0.25, -0.2) is 4.39 Å². The van der Waals surface area contributed by atoms with Crippen LogP contribution in [0.15, 0.2) is 78.9 Å². The number of hydrogen-bond donors (Lipinski definition) is 0. The standard InChI is InChI=1S/C29H34FN3O/c30-26-11-13-27(14-12-26)33-19-17-31(18-20-33)15-6-16-32-21-25-9-4-5-10-28(25)29(22-32)34-23-24-7-2-1-3-8-24/h1-5,7-14,29H,6,15-23H2. The summed E-state index contributed by atoms with van der Waals surface area (Å²) < 4.78 is 19.6. The summed E-state index contributed by atoms with van der Waals surface area (Å²) in [4.78, 5) is 7.46. The van der Waals surface area contributed by atoms with E-state index in [1.165, 1.54) is 16.7 Å². The highest BCUT2D eigenvalue weighted by Crippen LogP contribution is 2.30. The summed E-state index contributed by atoms with van der Waals surface area (Å²) in [5, 5.41) is 0. The summed E-state index contributed by atoms with van der Waals surface area (Å²) in [5.41, 5.74) is 5.07. The van der Waals surface area contributed by atoms with Gasteiger partial charge in [0.15, 0.2) is 0 Å². The van der Waals surface area contributed by atoms with Crippen molar-refractivity contribution in [3.63, 3.8) is 0 Å². The summed E-state index contributed by atoms with van der Waals surface area (Å²) >= 11 is 0. The van der Waals surface area contributed by atoms with Crippen molar-refractivity contribution in [2.24, 2.45) is 0 Å². The van der Waals surface area contributed by atoms with E-state index in [-0.39, 0.29) is 11.9 Å². The van der Waals surface area contributed by atoms with Crippen LogP contribution in [0.5, 0.6) is 0 Å². The van der Waals surface area contributed by atoms with Gasteiger partial charge in [-0.15, -0.1) is 0 Å². The van der Waals surface area contributed by atoms with Crippen LogP contribution in [0.4, 0.5) is 10.1 Å². The Morgan fingerprint density at radius 2 is 1.47 bits per heavy atom. The van der Waals surface area contributed by atoms with E-state index < -0.39 is 0 Å². The minimum atomic E-state index is -0.171. The molecule has 3 aromatic rings. The van der Waals surface area contributed by atoms with Gasteiger partial charge in [0.25, 0.3) is 0 Å². The Hall–Kier alpha value is -2.73. The molecular weight excluding hydrogens is 425 g/mol. The van der Waals surface area contributed by atoms with Crippen LogP contribution in [0.2, 0.25) is 0 Å². The van der Waals surface area contributed by atoms with Crippen LogP contribution >= 0.6 is 0 Å². The van der Waals surface area contributed by atoms with Gasteiger partial charge < -0.3 is 9.64 Å². The van der Waals surface area contributed by atoms with Gasteiger partial charge in [-0.1, -0.05) is 54.6 Å². The number of rotatable bonds is 8. The zero-order valence-electron chi connectivity index (χ0n) is 19.8. The Bertz CT molecular complexity index is 1030. The van der Waals surface area contributed by atoms with Crippen molar-refractivity contribution < 1.29 is 9.13 Å². The number of fused-ring (bicyclic) bond motifs is 1. The quantitative estimate of drug-likeness (QED) is 0.466. The highest BCUT2D eigenvalue weighted by atomic mass is 19.1. The van der Waals surface area contributed by atoms with Gasteiger partial charge in [0, 0.05) is 45.0 Å². The van der Waals surface area contributed by atoms with Gasteiger partial charge in [0.1, 0.15) is 5.82 Å². The normalized spacial score (nSPS) is 19.2. The van der Waals surface area contributed by atoms with Crippen molar-refractivity contribution in [1.29, 1.82) is 0 Å². The summed E-state index contributed by atoms with van der Waals surface area (Å²) in [6.07, 6.45) is 1.27. The highest BCUT2D eigenvalue weighted by Gasteiger charge is 2.26. The summed E-state index contributed by atoms with van der Waals surface area (Å²) in [6.45, 7) is 8.90. The van der Waals surface area contributed by atoms with Crippen molar-refractivity contribution in [3.05, 3.63) is 101 Å². The number of anilines is 1. The maximum absolute atomic E-state index is 13.2. The van der Waals surface area contributed by atoms with Gasteiger partial charge in [-0.3, -0.25) is 9.80 Å². The van der Waals surface area contributed by atoms with Gasteiger partial charge in [-0.05, 0) is 60.5 Å². The molecule has 1 fully saturated rings. The Balaban J connectivity index is 1.10. The Kier molecular flexibility index (Phi) is 7.54. The fourth-order valence-corrected chi connectivity index (χ4v) is 5.11. The molecule has 0 saturated carbocycles. The lowest BCUT2D eigenvalue weighted by atomic mass is 9.97. The zero-order chi connectivity index (χ0) is 23.2. The molecule has 178 valence electrons. The second-order valence-corrected chi connectivity index (χ2v) is 9.38. The first kappa shape index (κ1) is 23.0. The molecule has 0 aliphatic carbocycles. The summed E-state index contributed by atoms with van der Waals surface area (Å²) in [6, 6.07) is 26.0. The number of benzene rings is 3. The third-order valence-corrected chi connectivity index (χ3v) is 7.03. The number of halogens is 1. The van der Waals surface area contributed by atoms with Crippen LogP contribution in [0, 0.1) is 5.82 Å². The minimum absolute atomic E-state index is 0.115. The number of nitrogens with zero attached hydrogens (tertiary/aromatic N) is 3. The predicted octanol–water partition coefficient (Wildman–Crippen LogP) is 5.11. The maximum atomic E-state index is 13.2. The molecule has 0 N–H and O–H groups in total. The lowest BCUT2D eigenvalue weighted by molar-refractivity contribution is 0.00152. The molecule has 2 aliphatic heterocycles. The van der Waals surface area contributed by atoms with Gasteiger partial charge in [0.2, 0.25) is 0 Å². The van der Waals surface area contributed by atoms with E-state index >= 15 is 0 Å². The first-order valence-corrected chi connectivity index (χ1v) is 12.4. The Morgan fingerprint density at radius 3 is 2.26 bits per heavy atom. The number of ether oxygens (including phenoxy) is 1. The van der Waals surface area contributed by atoms with E-state index in [9.17, 15) is 4.39 Å². The maximum Gasteiger partial charge on any atom is 0.123 e. The number of hydrogen-bond acceptors (Lipinski definition) is 4. The van der Waals surface area contributed by atoms with Crippen molar-refractivity contribution in [1.82, 2.24) is 9.80 Å². The molecule has 5 rings (SSSR count). The van der Waals surface area contributed by atoms with E-state index in [1.807, 2.05) is 18.2 Å². The molecule has 0 aromatic heterocycles. The van der Waals surface area contributed by atoms with Crippen LogP contribution in [0.25, 0.3) is 0 Å². The fourth-order valence-electron chi connectivity index (χ4n) is 5.11. The summed E-state index contributed by atoms with van der Waals surface area (Å²) in [5.74, 6) is -0.171. The molecule has 1 atom stereocenters. The molecule has 4 nitrogen and oxygen atoms in total. The van der Waals surface area contributed by atoms with Crippen LogP contribution in [0.1, 0.15) is 29.2 Å². The van der Waals surface area contributed by atoms with Gasteiger partial charge >= 0.3 is 0 Å². The zero-order valence-corrected chi connectivity index (χ0v) is 19.8. The van der Waals surface area contributed by atoms with Gasteiger partial charge in [0.05, 0.1) is 12.7 Å². The minimum Gasteiger partial charge on any atom is -0.369 e. The second-order valence-electron chi connectivity index (χ2n) is 9.38. The van der Waals surface area contributed by atoms with E-state index in [4.69, 9.17) is 4.74 Å². The van der Waals surface area contributed by atoms with Crippen LogP contribution in [0.3, 0.4) is 0 Å². The topological polar surface area (TPSA) is 19.0 Å². The predicted molar refractivity (Wildman–Crippen MR) is 135 cm³/mol. The van der Waals surface area contributed by atoms with E-state index in [0.717, 1.165) is 64.5 Å². The first-order valence-electron chi connectivity index (χ1n) is 12.4. The molecule has 34 heavy (non-hydrogen) atoms. The highest BCUT2D eigenvalue weighted by molar-refractivity contribution is 5.46. The lowest BCUT2D eigenvalue weighted by Gasteiger charge is -2.37. The fraction of sp³-hybridized carbons (Fsp3) is 0.379. The Morgan fingerprint density at radius 1 is 0.765 bits per heavy atom. The molecule has 0 radical (unpaired) electrons. The number of piperazine rings is 1. The van der Waals surface area contributed by atoms with Crippen molar-refractivity contribution in [2.75, 3.05) is 50.7 Å². The molecule has 5 heteroatoms. The molecule has 1 saturated heterocycles. The average Bonchev–Trinajstić information content (AvgIpc) is 2.89. The molecule has 1 unspecified atom stereocenters. The molecule has 2 heterocycles. The van der Waals surface area contributed by atoms with E-state index in [1.54, 1.807) is 12.1 Å². The lowest BCUT2D eigenvalue weighted by Crippen LogP contribution is -2.47. The monoisotopic (exact) mass is 459 g/mol. The van der Waals surface area contributed by atoms with E-state index in [2.05, 4.69) is 63.2 Å². The smallest absolute Gasteiger partial charge is 0.123 e. The van der Waals surface area contributed by atoms with Crippen LogP contribution in [-0.2, 0) is 17.9 Å². The third-order valence-electron chi connectivity index (χ3n) is 7.03. The van der Waals surface area contributed by atoms with Crippen molar-refractivity contribution in [2.45, 2.75) is 25.7 Å². The van der Waals surface area contributed by atoms with Crippen LogP contribution < -0.4 is 4.90 Å². The second kappa shape index (κ2) is 11.1. The van der Waals surface area contributed by atoms with Crippen molar-refractivity contribution in [3.8, 4) is 0 Å². The molecule has 2 aliphatic rings. The third kappa shape index (κ3) is 5.84. The average molecular weight is 460 g/mol. The first-order chi connectivity index (χ1) is 16.7. The SMILES string of the molecule is Fc1ccc(N2CCN(CCCN3Cc4ccccc4C(OCc4ccccc4)C3)CC2)cc1. The molecule has 0 amide bonds. The van der Waals surface area contributed by atoms with E-state index in [0.29, 0.717) is 6.61 Å². The molecule has 3 aromatic carbocycles. The molecule has 0 spiro atoms. The molecular formula is C29H34FN3O. The van der Waals surface area contributed by atoms with Crippen LogP contribution in [-0.4, -0.2) is 55.6 Å². The molecule has 0 bridgehead atoms. The van der Waals surface area contributed by atoms with Gasteiger partial charge in [-0.2, -0.15) is 0 Å². The Labute approximate surface area is 202 Å². The largest absolute Gasteiger partial charge is 0.369 e.